The van der Waals surface area contributed by atoms with Gasteiger partial charge >= 0.3 is 54.7 Å². The predicted octanol–water partition coefficient (Wildman–Crippen LogP) is 1.62. The van der Waals surface area contributed by atoms with E-state index in [2.05, 4.69) is 6.92 Å². The first kappa shape index (κ1) is 7.56. The van der Waals surface area contributed by atoms with Crippen LogP contribution in [0.1, 0.15) is 32.6 Å². The average Bonchev–Trinajstić information content (AvgIpc) is 1.69. The number of hydrogen-bond donors (Lipinski definition) is 0. The zero-order valence-electron chi connectivity index (χ0n) is 5.11. The van der Waals surface area contributed by atoms with Crippen LogP contribution in [-0.2, 0) is 0 Å². The molecule has 0 spiro atoms. The van der Waals surface area contributed by atoms with Crippen LogP contribution in [0.4, 0.5) is 0 Å². The van der Waals surface area contributed by atoms with Gasteiger partial charge < -0.3 is 0 Å². The van der Waals surface area contributed by atoms with Crippen molar-refractivity contribution in [1.82, 2.24) is 0 Å². The van der Waals surface area contributed by atoms with Crippen molar-refractivity contribution < 1.29 is 0 Å². The fourth-order valence-corrected chi connectivity index (χ4v) is 1.18. The Morgan fingerprint density at radius 1 is 1.14 bits per heavy atom. The van der Waals surface area contributed by atoms with Crippen LogP contribution < -0.4 is 0 Å². The molecule has 0 aromatic carbocycles. The van der Waals surface area contributed by atoms with E-state index >= 15 is 0 Å². The monoisotopic (exact) mass is 162 g/mol. The van der Waals surface area contributed by atoms with Crippen molar-refractivity contribution in [2.45, 2.75) is 37.8 Å². The molecular weight excluding hydrogens is 147 g/mol. The van der Waals surface area contributed by atoms with Crippen LogP contribution in [0.25, 0.3) is 0 Å². The molecule has 44 valence electrons. The molecule has 0 nitrogen and oxygen atoms in total. The summed E-state index contributed by atoms with van der Waals surface area (Å²) in [5, 5.41) is 1.42. The van der Waals surface area contributed by atoms with Crippen LogP contribution in [0.2, 0.25) is 5.21 Å². The van der Waals surface area contributed by atoms with Crippen molar-refractivity contribution in [2.24, 2.45) is 0 Å². The molecule has 0 aromatic rings. The third-order valence-electron chi connectivity index (χ3n) is 1.06. The van der Waals surface area contributed by atoms with Gasteiger partial charge in [-0.1, -0.05) is 0 Å². The van der Waals surface area contributed by atoms with E-state index in [0.717, 1.165) is 0 Å². The van der Waals surface area contributed by atoms with Crippen molar-refractivity contribution in [1.29, 1.82) is 0 Å². The molecule has 1 unspecified atom stereocenters. The van der Waals surface area contributed by atoms with Gasteiger partial charge in [-0.2, -0.15) is 0 Å². The molecule has 0 fully saturated rings. The van der Waals surface area contributed by atoms with Crippen molar-refractivity contribution in [3.8, 4) is 0 Å². The van der Waals surface area contributed by atoms with Crippen LogP contribution in [0.15, 0.2) is 0 Å². The summed E-state index contributed by atoms with van der Waals surface area (Å²) >= 11 is 1.87. The van der Waals surface area contributed by atoms with E-state index in [0.29, 0.717) is 0 Å². The summed E-state index contributed by atoms with van der Waals surface area (Å²) in [6.07, 6.45) is 5.71. The summed E-state index contributed by atoms with van der Waals surface area (Å²) in [4.78, 5) is 0. The third-order valence-corrected chi connectivity index (χ3v) is 1.91. The molecule has 0 rings (SSSR count). The normalized spacial score (nSPS) is 9.43. The fraction of sp³-hybridized carbons (Fsp3) is 1.00. The second kappa shape index (κ2) is 6.56. The Kier molecular flexibility index (Phi) is 7.08. The maximum atomic E-state index is 2.25. The molecule has 1 heteroatoms. The van der Waals surface area contributed by atoms with Gasteiger partial charge in [-0.15, -0.1) is 0 Å². The molecule has 7 heavy (non-hydrogen) atoms. The van der Waals surface area contributed by atoms with Crippen molar-refractivity contribution >= 4 is 16.9 Å². The first-order chi connectivity index (χ1) is 3.41. The van der Waals surface area contributed by atoms with E-state index in [9.17, 15) is 0 Å². The van der Waals surface area contributed by atoms with E-state index in [-0.39, 0.29) is 0 Å². The Balaban J connectivity index is 2.45. The molecule has 0 bridgehead atoms. The molecule has 0 aliphatic rings. The molecule has 0 aromatic heterocycles. The van der Waals surface area contributed by atoms with E-state index in [1.807, 2.05) is 16.9 Å². The second-order valence-electron chi connectivity index (χ2n) is 1.85. The molecule has 0 aliphatic carbocycles. The minimum absolute atomic E-state index is 1.37. The molecule has 0 radical (unpaired) electrons. The first-order valence-corrected chi connectivity index (χ1v) is 4.83. The van der Waals surface area contributed by atoms with Crippen molar-refractivity contribution in [2.75, 3.05) is 0 Å². The van der Waals surface area contributed by atoms with Gasteiger partial charge in [-0.25, -0.2) is 0 Å². The van der Waals surface area contributed by atoms with Gasteiger partial charge in [0.25, 0.3) is 0 Å². The molecular formula is C6H15As. The number of rotatable bonds is 4. The van der Waals surface area contributed by atoms with Gasteiger partial charge in [-0.3, -0.25) is 0 Å². The molecule has 0 amide bonds. The number of hydrogen-bond acceptors (Lipinski definition) is 0. The summed E-state index contributed by atoms with van der Waals surface area (Å²) in [6.45, 7) is 2.25. The summed E-state index contributed by atoms with van der Waals surface area (Å²) in [6, 6.07) is 0. The predicted molar refractivity (Wildman–Crippen MR) is 37.5 cm³/mol. The number of unbranched alkanes of at least 4 members (excludes halogenated alkanes) is 3. The van der Waals surface area contributed by atoms with E-state index in [4.69, 9.17) is 0 Å². The van der Waals surface area contributed by atoms with Crippen molar-refractivity contribution in [3.05, 3.63) is 0 Å². The van der Waals surface area contributed by atoms with Gasteiger partial charge in [-0.05, 0) is 0 Å². The Morgan fingerprint density at radius 3 is 2.29 bits per heavy atom. The summed E-state index contributed by atoms with van der Waals surface area (Å²) in [5.41, 5.74) is 0. The first-order valence-electron chi connectivity index (χ1n) is 3.12. The quantitative estimate of drug-likeness (QED) is 0.435. The van der Waals surface area contributed by atoms with Crippen LogP contribution in [0, 0.1) is 0 Å². The van der Waals surface area contributed by atoms with Crippen LogP contribution in [0.5, 0.6) is 0 Å². The van der Waals surface area contributed by atoms with E-state index in [1.165, 1.54) is 30.9 Å². The topological polar surface area (TPSA) is 0 Å². The van der Waals surface area contributed by atoms with Crippen LogP contribution >= 0.6 is 0 Å². The van der Waals surface area contributed by atoms with Gasteiger partial charge in [0.1, 0.15) is 0 Å². The minimum atomic E-state index is 1.37. The van der Waals surface area contributed by atoms with Gasteiger partial charge in [0.2, 0.25) is 0 Å². The van der Waals surface area contributed by atoms with Crippen LogP contribution in [-0.4, -0.2) is 16.9 Å². The summed E-state index contributed by atoms with van der Waals surface area (Å²) < 4.78 is 0. The Labute approximate surface area is 55.2 Å². The van der Waals surface area contributed by atoms with E-state index < -0.39 is 0 Å². The molecule has 0 N–H and O–H groups in total. The SMILES string of the molecule is CCCCCC[AsH2]. The van der Waals surface area contributed by atoms with Crippen molar-refractivity contribution in [3.63, 3.8) is 0 Å². The zero-order valence-corrected chi connectivity index (χ0v) is 7.54. The summed E-state index contributed by atoms with van der Waals surface area (Å²) in [7, 11) is 0. The second-order valence-corrected chi connectivity index (χ2v) is 3.06. The van der Waals surface area contributed by atoms with Gasteiger partial charge in [0, 0.05) is 0 Å². The maximum absolute atomic E-state index is 2.25. The molecule has 0 heterocycles. The molecule has 0 aliphatic heterocycles. The average molecular weight is 162 g/mol. The molecule has 0 saturated carbocycles. The molecule has 1 atom stereocenters. The standard InChI is InChI=1S/C6H15As/c1-2-3-4-5-6-7/h2-7H2,1H3. The fourth-order valence-electron chi connectivity index (χ4n) is 0.571. The van der Waals surface area contributed by atoms with Gasteiger partial charge in [0.15, 0.2) is 0 Å². The van der Waals surface area contributed by atoms with Gasteiger partial charge in [0.05, 0.1) is 0 Å². The summed E-state index contributed by atoms with van der Waals surface area (Å²) in [5.74, 6) is 0. The van der Waals surface area contributed by atoms with Crippen LogP contribution in [0.3, 0.4) is 0 Å². The Morgan fingerprint density at radius 2 is 1.86 bits per heavy atom. The molecule has 0 saturated heterocycles. The Hall–Kier alpha value is 0.558. The van der Waals surface area contributed by atoms with E-state index in [1.54, 1.807) is 0 Å². The Bertz CT molecular complexity index is 23.4. The zero-order chi connectivity index (χ0) is 5.54. The third kappa shape index (κ3) is 6.56.